The summed E-state index contributed by atoms with van der Waals surface area (Å²) in [6.07, 6.45) is 9.00. The molecule has 1 amide bonds. The summed E-state index contributed by atoms with van der Waals surface area (Å²) in [6, 6.07) is 8.24. The molecule has 124 valence electrons. The van der Waals surface area contributed by atoms with E-state index < -0.39 is 0 Å². The predicted molar refractivity (Wildman–Crippen MR) is 94.4 cm³/mol. The van der Waals surface area contributed by atoms with Gasteiger partial charge in [-0.2, -0.15) is 0 Å². The highest BCUT2D eigenvalue weighted by Gasteiger charge is 2.37. The van der Waals surface area contributed by atoms with Gasteiger partial charge in [0.1, 0.15) is 0 Å². The molecule has 1 aromatic rings. The number of amides is 1. The van der Waals surface area contributed by atoms with E-state index in [1.54, 1.807) is 0 Å². The molecule has 0 saturated heterocycles. The van der Waals surface area contributed by atoms with Crippen LogP contribution in [0.5, 0.6) is 0 Å². The molecule has 0 aromatic heterocycles. The summed E-state index contributed by atoms with van der Waals surface area (Å²) >= 11 is 3.37. The third kappa shape index (κ3) is 4.43. The van der Waals surface area contributed by atoms with Crippen LogP contribution >= 0.6 is 15.9 Å². The van der Waals surface area contributed by atoms with Crippen LogP contribution in [0.4, 0.5) is 0 Å². The van der Waals surface area contributed by atoms with E-state index in [1.165, 1.54) is 19.3 Å². The van der Waals surface area contributed by atoms with Gasteiger partial charge in [0, 0.05) is 35.0 Å². The lowest BCUT2D eigenvalue weighted by molar-refractivity contribution is -0.134. The smallest absolute Gasteiger partial charge is 0.223 e. The Morgan fingerprint density at radius 2 is 1.52 bits per heavy atom. The van der Waals surface area contributed by atoms with Crippen LogP contribution in [0.15, 0.2) is 28.7 Å². The van der Waals surface area contributed by atoms with E-state index in [9.17, 15) is 9.59 Å². The topological polar surface area (TPSA) is 37.4 Å². The first-order valence-corrected chi connectivity index (χ1v) is 9.54. The Hall–Kier alpha value is -1.16. The van der Waals surface area contributed by atoms with Gasteiger partial charge in [0.25, 0.3) is 0 Å². The lowest BCUT2D eigenvalue weighted by Crippen LogP contribution is -2.43. The quantitative estimate of drug-likeness (QED) is 0.671. The first-order chi connectivity index (χ1) is 11.1. The van der Waals surface area contributed by atoms with Gasteiger partial charge in [0.2, 0.25) is 5.91 Å². The predicted octanol–water partition coefficient (Wildman–Crippen LogP) is 4.74. The molecule has 0 spiro atoms. The number of nitrogens with zero attached hydrogens (tertiary/aromatic N) is 1. The molecule has 0 unspecified atom stereocenters. The van der Waals surface area contributed by atoms with Crippen LogP contribution in [0.3, 0.4) is 0 Å². The Labute approximate surface area is 146 Å². The number of Topliss-reactive ketones (excluding diaryl/α,β-unsaturated/α-hetero) is 1. The Morgan fingerprint density at radius 3 is 2.13 bits per heavy atom. The van der Waals surface area contributed by atoms with Crippen molar-refractivity contribution >= 4 is 27.6 Å². The van der Waals surface area contributed by atoms with Crippen molar-refractivity contribution in [3.05, 3.63) is 34.3 Å². The molecule has 2 fully saturated rings. The number of hydrogen-bond donors (Lipinski definition) is 0. The maximum atomic E-state index is 12.7. The fourth-order valence-electron chi connectivity index (χ4n) is 3.55. The Kier molecular flexibility index (Phi) is 5.52. The molecule has 2 aliphatic carbocycles. The molecule has 0 N–H and O–H groups in total. The molecule has 1 aromatic carbocycles. The van der Waals surface area contributed by atoms with Gasteiger partial charge in [-0.3, -0.25) is 9.59 Å². The summed E-state index contributed by atoms with van der Waals surface area (Å²) in [5, 5.41) is 0. The average molecular weight is 378 g/mol. The molecular weight excluding hydrogens is 354 g/mol. The first-order valence-electron chi connectivity index (χ1n) is 8.75. The lowest BCUT2D eigenvalue weighted by atomic mass is 9.93. The highest BCUT2D eigenvalue weighted by molar-refractivity contribution is 9.10. The number of hydrogen-bond acceptors (Lipinski definition) is 2. The monoisotopic (exact) mass is 377 g/mol. The Morgan fingerprint density at radius 1 is 0.913 bits per heavy atom. The fraction of sp³-hybridized carbons (Fsp3) is 0.579. The van der Waals surface area contributed by atoms with Crippen LogP contribution < -0.4 is 0 Å². The molecule has 4 heteroatoms. The molecule has 0 heterocycles. The molecule has 2 saturated carbocycles. The van der Waals surface area contributed by atoms with Gasteiger partial charge in [0.15, 0.2) is 5.78 Å². The van der Waals surface area contributed by atoms with Crippen LogP contribution in [0.1, 0.15) is 68.1 Å². The molecule has 2 aliphatic rings. The Bertz CT molecular complexity index is 559. The van der Waals surface area contributed by atoms with E-state index in [4.69, 9.17) is 0 Å². The average Bonchev–Trinajstić information content (AvgIpc) is 3.39. The summed E-state index contributed by atoms with van der Waals surface area (Å²) in [4.78, 5) is 27.1. The number of halogens is 1. The molecule has 3 nitrogen and oxygen atoms in total. The van der Waals surface area contributed by atoms with Crippen LogP contribution in [-0.4, -0.2) is 28.7 Å². The van der Waals surface area contributed by atoms with E-state index in [0.717, 1.165) is 30.2 Å². The maximum absolute atomic E-state index is 12.7. The zero-order valence-electron chi connectivity index (χ0n) is 13.5. The van der Waals surface area contributed by atoms with Crippen LogP contribution in [-0.2, 0) is 4.79 Å². The summed E-state index contributed by atoms with van der Waals surface area (Å²) in [5.74, 6) is 0.245. The van der Waals surface area contributed by atoms with Crippen molar-refractivity contribution in [3.63, 3.8) is 0 Å². The zero-order chi connectivity index (χ0) is 16.2. The Balaban J connectivity index is 1.56. The van der Waals surface area contributed by atoms with Gasteiger partial charge in [-0.1, -0.05) is 47.3 Å². The van der Waals surface area contributed by atoms with E-state index in [2.05, 4.69) is 20.8 Å². The largest absolute Gasteiger partial charge is 0.337 e. The van der Waals surface area contributed by atoms with Gasteiger partial charge in [0.05, 0.1) is 0 Å². The van der Waals surface area contributed by atoms with Crippen molar-refractivity contribution in [1.82, 2.24) is 4.90 Å². The summed E-state index contributed by atoms with van der Waals surface area (Å²) in [6.45, 7) is 0. The molecule has 0 radical (unpaired) electrons. The minimum absolute atomic E-state index is 0.0604. The third-order valence-corrected chi connectivity index (χ3v) is 5.46. The minimum Gasteiger partial charge on any atom is -0.337 e. The van der Waals surface area contributed by atoms with Crippen molar-refractivity contribution in [1.29, 1.82) is 0 Å². The number of ketones is 1. The first kappa shape index (κ1) is 16.7. The van der Waals surface area contributed by atoms with Gasteiger partial charge in [-0.15, -0.1) is 0 Å². The summed E-state index contributed by atoms with van der Waals surface area (Å²) in [5.41, 5.74) is 0.691. The van der Waals surface area contributed by atoms with Crippen LogP contribution in [0.2, 0.25) is 0 Å². The summed E-state index contributed by atoms with van der Waals surface area (Å²) in [7, 11) is 0. The second kappa shape index (κ2) is 7.61. The standard InChI is InChI=1S/C19H24BrNO2/c20-15-8-6-14(7-9-15)18(22)12-13-19(23)21(17-10-11-17)16-4-2-1-3-5-16/h6-9,16-17H,1-5,10-13H2. The van der Waals surface area contributed by atoms with Crippen molar-refractivity contribution in [3.8, 4) is 0 Å². The van der Waals surface area contributed by atoms with E-state index >= 15 is 0 Å². The summed E-state index contributed by atoms with van der Waals surface area (Å²) < 4.78 is 0.960. The van der Waals surface area contributed by atoms with Crippen molar-refractivity contribution < 1.29 is 9.59 Å². The normalized spacial score (nSPS) is 18.7. The number of rotatable bonds is 6. The zero-order valence-corrected chi connectivity index (χ0v) is 15.1. The second-order valence-corrected chi connectivity index (χ2v) is 7.67. The highest BCUT2D eigenvalue weighted by Crippen LogP contribution is 2.34. The SMILES string of the molecule is O=C(CCC(=O)N(C1CCCCC1)C1CC1)c1ccc(Br)cc1. The maximum Gasteiger partial charge on any atom is 0.223 e. The van der Waals surface area contributed by atoms with Gasteiger partial charge in [-0.25, -0.2) is 0 Å². The minimum atomic E-state index is 0.0604. The van der Waals surface area contributed by atoms with Crippen LogP contribution in [0, 0.1) is 0 Å². The third-order valence-electron chi connectivity index (χ3n) is 4.93. The van der Waals surface area contributed by atoms with Crippen molar-refractivity contribution in [2.24, 2.45) is 0 Å². The van der Waals surface area contributed by atoms with Crippen molar-refractivity contribution in [2.75, 3.05) is 0 Å². The van der Waals surface area contributed by atoms with E-state index in [-0.39, 0.29) is 11.7 Å². The lowest BCUT2D eigenvalue weighted by Gasteiger charge is -2.34. The molecule has 23 heavy (non-hydrogen) atoms. The number of carbonyl (C=O) groups is 2. The highest BCUT2D eigenvalue weighted by atomic mass is 79.9. The van der Waals surface area contributed by atoms with E-state index in [1.807, 2.05) is 24.3 Å². The van der Waals surface area contributed by atoms with Crippen LogP contribution in [0.25, 0.3) is 0 Å². The van der Waals surface area contributed by atoms with Gasteiger partial charge in [-0.05, 0) is 37.8 Å². The fourth-order valence-corrected chi connectivity index (χ4v) is 3.81. The number of benzene rings is 1. The van der Waals surface area contributed by atoms with Gasteiger partial charge >= 0.3 is 0 Å². The molecular formula is C19H24BrNO2. The molecule has 3 rings (SSSR count). The van der Waals surface area contributed by atoms with E-state index in [0.29, 0.717) is 30.5 Å². The molecule has 0 aliphatic heterocycles. The van der Waals surface area contributed by atoms with Gasteiger partial charge < -0.3 is 4.90 Å². The number of carbonyl (C=O) groups excluding carboxylic acids is 2. The second-order valence-electron chi connectivity index (χ2n) is 6.75. The molecule has 0 bridgehead atoms. The molecule has 0 atom stereocenters. The van der Waals surface area contributed by atoms with Crippen molar-refractivity contribution in [2.45, 2.75) is 69.9 Å².